The molecule has 0 N–H and O–H groups in total. The van der Waals surface area contributed by atoms with E-state index in [1.807, 2.05) is 6.92 Å². The van der Waals surface area contributed by atoms with Crippen molar-refractivity contribution < 1.29 is 4.74 Å². The third kappa shape index (κ3) is 2.37. The number of hydrogen-bond donors (Lipinski definition) is 0. The van der Waals surface area contributed by atoms with Crippen LogP contribution in [0.3, 0.4) is 0 Å². The quantitative estimate of drug-likeness (QED) is 0.771. The first-order chi connectivity index (χ1) is 6.83. The summed E-state index contributed by atoms with van der Waals surface area (Å²) in [5.74, 6) is 1.07. The van der Waals surface area contributed by atoms with Crippen molar-refractivity contribution in [2.75, 3.05) is 25.1 Å². The van der Waals surface area contributed by atoms with Gasteiger partial charge in [0.2, 0.25) is 0 Å². The van der Waals surface area contributed by atoms with Gasteiger partial charge in [0, 0.05) is 24.8 Å². The second-order valence-electron chi connectivity index (χ2n) is 3.71. The highest BCUT2D eigenvalue weighted by Gasteiger charge is 2.16. The van der Waals surface area contributed by atoms with Crippen LogP contribution in [0, 0.1) is 0 Å². The number of anilines is 1. The Morgan fingerprint density at radius 3 is 2.93 bits per heavy atom. The molecule has 0 radical (unpaired) electrons. The largest absolute Gasteiger partial charge is 0.494 e. The Balaban J connectivity index is 0.00000112. The summed E-state index contributed by atoms with van der Waals surface area (Å²) in [6.45, 7) is 3.94. The van der Waals surface area contributed by atoms with Crippen molar-refractivity contribution in [1.82, 2.24) is 0 Å². The predicted octanol–water partition coefficient (Wildman–Crippen LogP) is 2.89. The molecule has 1 aromatic rings. The number of ether oxygens (including phenoxy) is 1. The van der Waals surface area contributed by atoms with Crippen molar-refractivity contribution in [1.29, 1.82) is 0 Å². The number of nitrogens with zero attached hydrogens (tertiary/aromatic N) is 1. The van der Waals surface area contributed by atoms with Crippen LogP contribution in [0.2, 0.25) is 0 Å². The molecule has 84 valence electrons. The zero-order valence-electron chi connectivity index (χ0n) is 9.32. The van der Waals surface area contributed by atoms with E-state index in [0.29, 0.717) is 0 Å². The Morgan fingerprint density at radius 1 is 1.40 bits per heavy atom. The van der Waals surface area contributed by atoms with Gasteiger partial charge in [-0.25, -0.2) is 0 Å². The predicted molar refractivity (Wildman–Crippen MR) is 66.5 cm³/mol. The van der Waals surface area contributed by atoms with Gasteiger partial charge < -0.3 is 9.64 Å². The first-order valence-electron chi connectivity index (χ1n) is 5.28. The highest BCUT2D eigenvalue weighted by Crippen LogP contribution is 2.33. The van der Waals surface area contributed by atoms with E-state index in [1.54, 1.807) is 0 Å². The highest BCUT2D eigenvalue weighted by atomic mass is 35.5. The number of halogens is 1. The Labute approximate surface area is 97.6 Å². The number of rotatable bonds is 2. The number of benzene rings is 1. The number of hydrogen-bond acceptors (Lipinski definition) is 2. The smallest absolute Gasteiger partial charge is 0.124 e. The van der Waals surface area contributed by atoms with E-state index in [9.17, 15) is 0 Å². The minimum Gasteiger partial charge on any atom is -0.494 e. The van der Waals surface area contributed by atoms with Gasteiger partial charge in [-0.3, -0.25) is 0 Å². The Kier molecular flexibility index (Phi) is 4.28. The monoisotopic (exact) mass is 227 g/mol. The molecule has 0 amide bonds. The van der Waals surface area contributed by atoms with Crippen LogP contribution in [0.25, 0.3) is 0 Å². The summed E-state index contributed by atoms with van der Waals surface area (Å²) in [7, 11) is 2.15. The van der Waals surface area contributed by atoms with Gasteiger partial charge in [0.05, 0.1) is 6.61 Å². The molecular formula is C12H18ClNO. The topological polar surface area (TPSA) is 12.5 Å². The van der Waals surface area contributed by atoms with Crippen LogP contribution in [0.5, 0.6) is 5.75 Å². The van der Waals surface area contributed by atoms with E-state index in [4.69, 9.17) is 4.74 Å². The van der Waals surface area contributed by atoms with Gasteiger partial charge >= 0.3 is 0 Å². The molecular weight excluding hydrogens is 210 g/mol. The van der Waals surface area contributed by atoms with Crippen molar-refractivity contribution in [2.45, 2.75) is 19.8 Å². The van der Waals surface area contributed by atoms with Crippen LogP contribution in [0.4, 0.5) is 5.69 Å². The maximum Gasteiger partial charge on any atom is 0.124 e. The van der Waals surface area contributed by atoms with E-state index in [2.05, 4.69) is 30.1 Å². The molecule has 0 aliphatic carbocycles. The molecule has 0 bridgehead atoms. The first kappa shape index (κ1) is 12.2. The lowest BCUT2D eigenvalue weighted by molar-refractivity contribution is 0.335. The first-order valence-corrected chi connectivity index (χ1v) is 5.28. The Morgan fingerprint density at radius 2 is 2.20 bits per heavy atom. The van der Waals surface area contributed by atoms with Gasteiger partial charge in [-0.1, -0.05) is 6.07 Å². The summed E-state index contributed by atoms with van der Waals surface area (Å²) < 4.78 is 5.63. The average Bonchev–Trinajstić information content (AvgIpc) is 2.20. The molecule has 0 atom stereocenters. The van der Waals surface area contributed by atoms with Gasteiger partial charge in [0.1, 0.15) is 5.75 Å². The lowest BCUT2D eigenvalue weighted by atomic mass is 10.0. The second-order valence-corrected chi connectivity index (χ2v) is 3.71. The van der Waals surface area contributed by atoms with Crippen molar-refractivity contribution in [3.63, 3.8) is 0 Å². The van der Waals surface area contributed by atoms with E-state index in [0.717, 1.165) is 25.3 Å². The number of fused-ring (bicyclic) bond motifs is 1. The lowest BCUT2D eigenvalue weighted by Gasteiger charge is -2.28. The van der Waals surface area contributed by atoms with Crippen LogP contribution in [0.1, 0.15) is 18.9 Å². The van der Waals surface area contributed by atoms with E-state index < -0.39 is 0 Å². The van der Waals surface area contributed by atoms with Crippen molar-refractivity contribution in [2.24, 2.45) is 0 Å². The lowest BCUT2D eigenvalue weighted by Crippen LogP contribution is -2.24. The van der Waals surface area contributed by atoms with Crippen LogP contribution in [0.15, 0.2) is 18.2 Å². The van der Waals surface area contributed by atoms with Gasteiger partial charge in [-0.15, -0.1) is 12.4 Å². The molecule has 0 saturated heterocycles. The summed E-state index contributed by atoms with van der Waals surface area (Å²) in [5, 5.41) is 0. The van der Waals surface area contributed by atoms with E-state index in [1.165, 1.54) is 17.7 Å². The fourth-order valence-electron chi connectivity index (χ4n) is 2.07. The molecule has 2 rings (SSSR count). The van der Waals surface area contributed by atoms with Gasteiger partial charge in [-0.05, 0) is 31.9 Å². The van der Waals surface area contributed by atoms with Gasteiger partial charge in [-0.2, -0.15) is 0 Å². The molecule has 1 aliphatic heterocycles. The summed E-state index contributed by atoms with van der Waals surface area (Å²) in [6, 6.07) is 6.32. The molecule has 0 unspecified atom stereocenters. The Hall–Kier alpha value is -0.890. The SMILES string of the molecule is CCOc1cccc2c1CCCN2C.Cl. The molecule has 1 heterocycles. The summed E-state index contributed by atoms with van der Waals surface area (Å²) in [6.07, 6.45) is 2.38. The highest BCUT2D eigenvalue weighted by molar-refractivity contribution is 5.85. The van der Waals surface area contributed by atoms with E-state index in [-0.39, 0.29) is 12.4 Å². The van der Waals surface area contributed by atoms with Crippen molar-refractivity contribution >= 4 is 18.1 Å². The average molecular weight is 228 g/mol. The maximum absolute atomic E-state index is 5.63. The zero-order valence-corrected chi connectivity index (χ0v) is 10.1. The standard InChI is InChI=1S/C12H17NO.ClH/c1-3-14-12-8-4-7-11-10(12)6-5-9-13(11)2;/h4,7-8H,3,5-6,9H2,1-2H3;1H. The summed E-state index contributed by atoms with van der Waals surface area (Å²) >= 11 is 0. The molecule has 0 saturated carbocycles. The van der Waals surface area contributed by atoms with Gasteiger partial charge in [0.15, 0.2) is 0 Å². The molecule has 15 heavy (non-hydrogen) atoms. The maximum atomic E-state index is 5.63. The minimum atomic E-state index is 0. The second kappa shape index (κ2) is 5.26. The van der Waals surface area contributed by atoms with E-state index >= 15 is 0 Å². The Bertz CT molecular complexity index is 327. The summed E-state index contributed by atoms with van der Waals surface area (Å²) in [4.78, 5) is 2.31. The van der Waals surface area contributed by atoms with Crippen LogP contribution < -0.4 is 9.64 Å². The fourth-order valence-corrected chi connectivity index (χ4v) is 2.07. The molecule has 1 aliphatic rings. The van der Waals surface area contributed by atoms with Crippen molar-refractivity contribution in [3.05, 3.63) is 23.8 Å². The molecule has 3 heteroatoms. The molecule has 0 spiro atoms. The van der Waals surface area contributed by atoms with Crippen molar-refractivity contribution in [3.8, 4) is 5.75 Å². The third-order valence-electron chi connectivity index (χ3n) is 2.74. The van der Waals surface area contributed by atoms with Gasteiger partial charge in [0.25, 0.3) is 0 Å². The van der Waals surface area contributed by atoms with Crippen LogP contribution in [-0.2, 0) is 6.42 Å². The molecule has 0 fully saturated rings. The summed E-state index contributed by atoms with van der Waals surface area (Å²) in [5.41, 5.74) is 2.71. The normalized spacial score (nSPS) is 14.1. The van der Waals surface area contributed by atoms with Crippen LogP contribution >= 0.6 is 12.4 Å². The third-order valence-corrected chi connectivity index (χ3v) is 2.74. The molecule has 2 nitrogen and oxygen atoms in total. The van der Waals surface area contributed by atoms with Crippen LogP contribution in [-0.4, -0.2) is 20.2 Å². The molecule has 1 aromatic carbocycles. The molecule has 0 aromatic heterocycles. The zero-order chi connectivity index (χ0) is 9.97. The fraction of sp³-hybridized carbons (Fsp3) is 0.500. The minimum absolute atomic E-state index is 0.